The van der Waals surface area contributed by atoms with E-state index in [-0.39, 0.29) is 0 Å². The van der Waals surface area contributed by atoms with Gasteiger partial charge in [-0.3, -0.25) is 0 Å². The molecule has 0 saturated carbocycles. The molecule has 0 aromatic carbocycles. The Hall–Kier alpha value is -0.200. The summed E-state index contributed by atoms with van der Waals surface area (Å²) >= 11 is 0. The molecule has 0 radical (unpaired) electrons. The van der Waals surface area contributed by atoms with E-state index in [1.165, 1.54) is 19.3 Å². The van der Waals surface area contributed by atoms with E-state index in [0.717, 1.165) is 26.1 Å². The first-order valence-corrected chi connectivity index (χ1v) is 8.80. The number of ether oxygens (including phenoxy) is 5. The Morgan fingerprint density at radius 1 is 0.364 bits per heavy atom. The third kappa shape index (κ3) is 19.8. The van der Waals surface area contributed by atoms with E-state index < -0.39 is 0 Å². The molecule has 0 aliphatic heterocycles. The third-order valence-corrected chi connectivity index (χ3v) is 3.02. The highest BCUT2D eigenvalue weighted by molar-refractivity contribution is 4.38. The molecule has 134 valence electrons. The smallest absolute Gasteiger partial charge is 0.0701 e. The van der Waals surface area contributed by atoms with Gasteiger partial charge in [-0.05, 0) is 12.8 Å². The second-order valence-corrected chi connectivity index (χ2v) is 5.12. The van der Waals surface area contributed by atoms with Crippen molar-refractivity contribution in [3.8, 4) is 0 Å². The second-order valence-electron chi connectivity index (χ2n) is 5.12. The van der Waals surface area contributed by atoms with Crippen LogP contribution < -0.4 is 0 Å². The standard InChI is InChI=1S/C17H36O5/c1-3-5-7-9-19-11-13-21-15-17-22-16-14-20-12-10-18-8-6-4-2/h3-17H2,1-2H3. The van der Waals surface area contributed by atoms with Crippen molar-refractivity contribution < 1.29 is 23.7 Å². The van der Waals surface area contributed by atoms with Gasteiger partial charge in [0.1, 0.15) is 0 Å². The number of hydrogen-bond acceptors (Lipinski definition) is 5. The molecule has 0 saturated heterocycles. The Labute approximate surface area is 136 Å². The van der Waals surface area contributed by atoms with Gasteiger partial charge in [0.25, 0.3) is 0 Å². The molecule has 5 nitrogen and oxygen atoms in total. The van der Waals surface area contributed by atoms with Crippen molar-refractivity contribution in [2.24, 2.45) is 0 Å². The molecule has 0 unspecified atom stereocenters. The van der Waals surface area contributed by atoms with Crippen molar-refractivity contribution in [2.75, 3.05) is 66.1 Å². The maximum absolute atomic E-state index is 5.45. The van der Waals surface area contributed by atoms with Crippen LogP contribution in [0.1, 0.15) is 46.0 Å². The molecule has 0 aliphatic rings. The van der Waals surface area contributed by atoms with E-state index in [9.17, 15) is 0 Å². The van der Waals surface area contributed by atoms with E-state index >= 15 is 0 Å². The predicted octanol–water partition coefficient (Wildman–Crippen LogP) is 3.06. The van der Waals surface area contributed by atoms with Crippen LogP contribution >= 0.6 is 0 Å². The molecule has 0 bridgehead atoms. The van der Waals surface area contributed by atoms with Crippen LogP contribution in [0.2, 0.25) is 0 Å². The summed E-state index contributed by atoms with van der Waals surface area (Å²) in [5.41, 5.74) is 0. The minimum Gasteiger partial charge on any atom is -0.379 e. The van der Waals surface area contributed by atoms with Gasteiger partial charge in [0, 0.05) is 13.2 Å². The largest absolute Gasteiger partial charge is 0.379 e. The van der Waals surface area contributed by atoms with Crippen molar-refractivity contribution in [3.63, 3.8) is 0 Å². The van der Waals surface area contributed by atoms with Gasteiger partial charge >= 0.3 is 0 Å². The van der Waals surface area contributed by atoms with Crippen molar-refractivity contribution in [2.45, 2.75) is 46.0 Å². The number of rotatable bonds is 19. The molecule has 5 heteroatoms. The molecule has 0 aliphatic carbocycles. The van der Waals surface area contributed by atoms with Crippen molar-refractivity contribution in [1.29, 1.82) is 0 Å². The fraction of sp³-hybridized carbons (Fsp3) is 1.00. The van der Waals surface area contributed by atoms with Crippen LogP contribution in [-0.4, -0.2) is 66.1 Å². The topological polar surface area (TPSA) is 46.2 Å². The number of hydrogen-bond donors (Lipinski definition) is 0. The lowest BCUT2D eigenvalue weighted by Crippen LogP contribution is -2.13. The minimum absolute atomic E-state index is 0.603. The maximum atomic E-state index is 5.45. The number of unbranched alkanes of at least 4 members (excludes halogenated alkanes) is 3. The Kier molecular flexibility index (Phi) is 20.6. The van der Waals surface area contributed by atoms with Gasteiger partial charge in [0.15, 0.2) is 0 Å². The third-order valence-electron chi connectivity index (χ3n) is 3.02. The predicted molar refractivity (Wildman–Crippen MR) is 88.5 cm³/mol. The highest BCUT2D eigenvalue weighted by atomic mass is 16.6. The highest BCUT2D eigenvalue weighted by Gasteiger charge is 1.93. The van der Waals surface area contributed by atoms with Crippen molar-refractivity contribution in [1.82, 2.24) is 0 Å². The summed E-state index contributed by atoms with van der Waals surface area (Å²) in [6.07, 6.45) is 5.90. The summed E-state index contributed by atoms with van der Waals surface area (Å²) in [6.45, 7) is 11.1. The molecule has 22 heavy (non-hydrogen) atoms. The lowest BCUT2D eigenvalue weighted by molar-refractivity contribution is -0.0113. The molecular weight excluding hydrogens is 284 g/mol. The summed E-state index contributed by atoms with van der Waals surface area (Å²) in [4.78, 5) is 0. The maximum Gasteiger partial charge on any atom is 0.0701 e. The highest BCUT2D eigenvalue weighted by Crippen LogP contribution is 1.93. The van der Waals surface area contributed by atoms with E-state index in [1.54, 1.807) is 0 Å². The average Bonchev–Trinajstić information content (AvgIpc) is 2.54. The van der Waals surface area contributed by atoms with Crippen LogP contribution in [0.5, 0.6) is 0 Å². The molecule has 0 amide bonds. The van der Waals surface area contributed by atoms with E-state index in [4.69, 9.17) is 23.7 Å². The fourth-order valence-electron chi connectivity index (χ4n) is 1.68. The Morgan fingerprint density at radius 3 is 1.05 bits per heavy atom. The molecule has 0 N–H and O–H groups in total. The van der Waals surface area contributed by atoms with Crippen molar-refractivity contribution >= 4 is 0 Å². The van der Waals surface area contributed by atoms with Crippen LogP contribution in [0.4, 0.5) is 0 Å². The van der Waals surface area contributed by atoms with E-state index in [0.29, 0.717) is 52.9 Å². The summed E-state index contributed by atoms with van der Waals surface area (Å²) in [7, 11) is 0. The van der Waals surface area contributed by atoms with Gasteiger partial charge in [-0.25, -0.2) is 0 Å². The minimum atomic E-state index is 0.603. The molecule has 0 atom stereocenters. The normalized spacial score (nSPS) is 11.2. The first kappa shape index (κ1) is 21.8. The van der Waals surface area contributed by atoms with Gasteiger partial charge in [-0.1, -0.05) is 33.1 Å². The van der Waals surface area contributed by atoms with Gasteiger partial charge < -0.3 is 23.7 Å². The molecule has 0 aromatic rings. The molecule has 0 spiro atoms. The second kappa shape index (κ2) is 20.8. The first-order valence-electron chi connectivity index (χ1n) is 8.80. The van der Waals surface area contributed by atoms with Gasteiger partial charge in [0.2, 0.25) is 0 Å². The van der Waals surface area contributed by atoms with Crippen molar-refractivity contribution in [3.05, 3.63) is 0 Å². The lowest BCUT2D eigenvalue weighted by Gasteiger charge is -2.07. The molecule has 0 fully saturated rings. The van der Waals surface area contributed by atoms with Crippen LogP contribution in [0.15, 0.2) is 0 Å². The van der Waals surface area contributed by atoms with Crippen LogP contribution in [-0.2, 0) is 23.7 Å². The van der Waals surface area contributed by atoms with Crippen LogP contribution in [0.3, 0.4) is 0 Å². The molecular formula is C17H36O5. The Balaban J connectivity index is 2.91. The van der Waals surface area contributed by atoms with Crippen LogP contribution in [0, 0.1) is 0 Å². The summed E-state index contributed by atoms with van der Waals surface area (Å²) in [5, 5.41) is 0. The first-order chi connectivity index (χ1) is 10.9. The van der Waals surface area contributed by atoms with Gasteiger partial charge in [-0.15, -0.1) is 0 Å². The zero-order valence-corrected chi connectivity index (χ0v) is 14.6. The SMILES string of the molecule is CCCCCOCCOCCOCCOCCOCCCC. The zero-order valence-electron chi connectivity index (χ0n) is 14.6. The summed E-state index contributed by atoms with van der Waals surface area (Å²) in [6, 6.07) is 0. The fourth-order valence-corrected chi connectivity index (χ4v) is 1.68. The van der Waals surface area contributed by atoms with E-state index in [1.807, 2.05) is 0 Å². The van der Waals surface area contributed by atoms with E-state index in [2.05, 4.69) is 13.8 Å². The average molecular weight is 320 g/mol. The monoisotopic (exact) mass is 320 g/mol. The van der Waals surface area contributed by atoms with Crippen LogP contribution in [0.25, 0.3) is 0 Å². The quantitative estimate of drug-likeness (QED) is 0.342. The lowest BCUT2D eigenvalue weighted by atomic mass is 10.3. The molecule has 0 rings (SSSR count). The molecule has 0 heterocycles. The summed E-state index contributed by atoms with van der Waals surface area (Å²) < 4.78 is 27.0. The van der Waals surface area contributed by atoms with Gasteiger partial charge in [-0.2, -0.15) is 0 Å². The Morgan fingerprint density at radius 2 is 0.682 bits per heavy atom. The zero-order chi connectivity index (χ0) is 16.1. The molecule has 0 aromatic heterocycles. The Bertz CT molecular complexity index is 170. The summed E-state index contributed by atoms with van der Waals surface area (Å²) in [5.74, 6) is 0. The van der Waals surface area contributed by atoms with Gasteiger partial charge in [0.05, 0.1) is 52.9 Å².